The van der Waals surface area contributed by atoms with Gasteiger partial charge in [0.25, 0.3) is 0 Å². The van der Waals surface area contributed by atoms with Crippen LogP contribution in [0, 0.1) is 0 Å². The molecule has 0 N–H and O–H groups in total. The molecule has 0 heterocycles. The molecule has 9 rings (SSSR count). The molecule has 0 saturated heterocycles. The molecule has 0 heteroatoms. The van der Waals surface area contributed by atoms with Gasteiger partial charge in [-0.1, -0.05) is 146 Å². The van der Waals surface area contributed by atoms with E-state index in [0.29, 0.717) is 0 Å². The Morgan fingerprint density at radius 1 is 0.262 bits per heavy atom. The molecule has 0 radical (unpaired) electrons. The molecule has 0 atom stereocenters. The van der Waals surface area contributed by atoms with Crippen molar-refractivity contribution in [2.24, 2.45) is 0 Å². The molecule has 42 heavy (non-hydrogen) atoms. The Morgan fingerprint density at radius 2 is 0.833 bits per heavy atom. The Balaban J connectivity index is 1.44. The third kappa shape index (κ3) is 3.42. The van der Waals surface area contributed by atoms with Crippen LogP contribution in [-0.2, 0) is 0 Å². The van der Waals surface area contributed by atoms with E-state index < -0.39 is 0 Å². The second-order valence-electron chi connectivity index (χ2n) is 11.3. The monoisotopic (exact) mass is 530 g/mol. The molecule has 0 amide bonds. The van der Waals surface area contributed by atoms with Gasteiger partial charge in [-0.3, -0.25) is 0 Å². The standard InChI is InChI=1S/C42H26/c1-2-9-27(10-3-1)29-19-22-30(23-20-29)38-26-33-15-8-17-36-35-16-6-13-31-14-7-18-37(39(31)35)42(40(33)36)41(38)34-24-21-28-11-4-5-12-32(28)25-34/h1-26H. The number of hydrogen-bond acceptors (Lipinski definition) is 0. The van der Waals surface area contributed by atoms with Gasteiger partial charge in [0.05, 0.1) is 0 Å². The highest BCUT2D eigenvalue weighted by molar-refractivity contribution is 6.36. The molecule has 9 aromatic carbocycles. The zero-order chi connectivity index (χ0) is 27.6. The summed E-state index contributed by atoms with van der Waals surface area (Å²) in [5.41, 5.74) is 7.51. The average Bonchev–Trinajstić information content (AvgIpc) is 3.07. The fourth-order valence-corrected chi connectivity index (χ4v) is 7.07. The summed E-state index contributed by atoms with van der Waals surface area (Å²) in [4.78, 5) is 0. The fourth-order valence-electron chi connectivity index (χ4n) is 7.07. The van der Waals surface area contributed by atoms with Crippen molar-refractivity contribution in [1.29, 1.82) is 0 Å². The van der Waals surface area contributed by atoms with Gasteiger partial charge in [-0.05, 0) is 99.4 Å². The first-order valence-corrected chi connectivity index (χ1v) is 14.6. The molecular formula is C42H26. The molecule has 0 spiro atoms. The van der Waals surface area contributed by atoms with E-state index in [1.54, 1.807) is 0 Å². The minimum absolute atomic E-state index is 1.23. The Hall–Kier alpha value is -5.46. The smallest absolute Gasteiger partial charge is 0.000785 e. The number of benzene rings is 9. The van der Waals surface area contributed by atoms with Crippen molar-refractivity contribution in [3.8, 4) is 33.4 Å². The lowest BCUT2D eigenvalue weighted by Crippen LogP contribution is -1.93. The summed E-state index contributed by atoms with van der Waals surface area (Å²) in [6.45, 7) is 0. The van der Waals surface area contributed by atoms with Crippen molar-refractivity contribution in [2.45, 2.75) is 0 Å². The van der Waals surface area contributed by atoms with Crippen molar-refractivity contribution in [2.75, 3.05) is 0 Å². The van der Waals surface area contributed by atoms with Crippen LogP contribution in [0.4, 0.5) is 0 Å². The van der Waals surface area contributed by atoms with Crippen molar-refractivity contribution in [1.82, 2.24) is 0 Å². The Bertz CT molecular complexity index is 2420. The quantitative estimate of drug-likeness (QED) is 0.157. The van der Waals surface area contributed by atoms with Gasteiger partial charge in [0, 0.05) is 0 Å². The third-order valence-corrected chi connectivity index (χ3v) is 8.97. The normalized spacial score (nSPS) is 11.8. The SMILES string of the molecule is c1ccc(-c2ccc(-c3cc4cccc5c6cccc7cccc(c(c3-c3ccc8ccccc8c3)c45)c76)cc2)cc1. The Kier molecular flexibility index (Phi) is 5.00. The largest absolute Gasteiger partial charge is 0.0622 e. The molecule has 0 aliphatic heterocycles. The van der Waals surface area contributed by atoms with Crippen LogP contribution in [-0.4, -0.2) is 0 Å². The Labute approximate surface area is 244 Å². The van der Waals surface area contributed by atoms with Crippen LogP contribution in [0.15, 0.2) is 158 Å². The maximum Gasteiger partial charge on any atom is -0.000785 e. The van der Waals surface area contributed by atoms with E-state index in [-0.39, 0.29) is 0 Å². The number of hydrogen-bond donors (Lipinski definition) is 0. The molecule has 0 unspecified atom stereocenters. The van der Waals surface area contributed by atoms with E-state index in [1.165, 1.54) is 87.2 Å². The molecule has 0 aromatic heterocycles. The van der Waals surface area contributed by atoms with Gasteiger partial charge in [-0.25, -0.2) is 0 Å². The summed E-state index contributed by atoms with van der Waals surface area (Å²) in [6, 6.07) is 58.1. The van der Waals surface area contributed by atoms with Crippen molar-refractivity contribution < 1.29 is 0 Å². The van der Waals surface area contributed by atoms with Crippen LogP contribution in [0.3, 0.4) is 0 Å². The van der Waals surface area contributed by atoms with E-state index in [9.17, 15) is 0 Å². The van der Waals surface area contributed by atoms with Crippen LogP contribution in [0.25, 0.3) is 87.2 Å². The molecule has 194 valence electrons. The highest BCUT2D eigenvalue weighted by Crippen LogP contribution is 2.48. The van der Waals surface area contributed by atoms with E-state index >= 15 is 0 Å². The summed E-state index contributed by atoms with van der Waals surface area (Å²) >= 11 is 0. The first-order chi connectivity index (χ1) is 20.8. The number of rotatable bonds is 3. The molecule has 9 aromatic rings. The van der Waals surface area contributed by atoms with Crippen LogP contribution >= 0.6 is 0 Å². The summed E-state index contributed by atoms with van der Waals surface area (Å²) in [5, 5.41) is 13.1. The van der Waals surface area contributed by atoms with Gasteiger partial charge >= 0.3 is 0 Å². The highest BCUT2D eigenvalue weighted by Gasteiger charge is 2.20. The second-order valence-corrected chi connectivity index (χ2v) is 11.3. The Morgan fingerprint density at radius 3 is 1.62 bits per heavy atom. The summed E-state index contributed by atoms with van der Waals surface area (Å²) in [7, 11) is 0. The summed E-state index contributed by atoms with van der Waals surface area (Å²) in [5.74, 6) is 0. The lowest BCUT2D eigenvalue weighted by Gasteiger charge is -2.21. The van der Waals surface area contributed by atoms with E-state index in [4.69, 9.17) is 0 Å². The van der Waals surface area contributed by atoms with Gasteiger partial charge in [0.1, 0.15) is 0 Å². The third-order valence-electron chi connectivity index (χ3n) is 8.97. The maximum absolute atomic E-state index is 2.42. The van der Waals surface area contributed by atoms with Crippen LogP contribution in [0.1, 0.15) is 0 Å². The minimum atomic E-state index is 1.23. The van der Waals surface area contributed by atoms with Crippen molar-refractivity contribution >= 4 is 53.9 Å². The van der Waals surface area contributed by atoms with Crippen LogP contribution < -0.4 is 0 Å². The van der Waals surface area contributed by atoms with Crippen LogP contribution in [0.2, 0.25) is 0 Å². The minimum Gasteiger partial charge on any atom is -0.0622 e. The second kappa shape index (κ2) is 9.03. The topological polar surface area (TPSA) is 0 Å². The van der Waals surface area contributed by atoms with E-state index in [1.807, 2.05) is 0 Å². The molecule has 0 bridgehead atoms. The predicted molar refractivity (Wildman–Crippen MR) is 181 cm³/mol. The number of fused-ring (bicyclic) bond motifs is 3. The van der Waals surface area contributed by atoms with E-state index in [2.05, 4.69) is 158 Å². The molecular weight excluding hydrogens is 504 g/mol. The summed E-state index contributed by atoms with van der Waals surface area (Å²) < 4.78 is 0. The molecule has 0 aliphatic rings. The molecule has 0 saturated carbocycles. The van der Waals surface area contributed by atoms with E-state index in [0.717, 1.165) is 0 Å². The molecule has 0 nitrogen and oxygen atoms in total. The van der Waals surface area contributed by atoms with Gasteiger partial charge < -0.3 is 0 Å². The van der Waals surface area contributed by atoms with Gasteiger partial charge in [0.2, 0.25) is 0 Å². The molecule has 0 fully saturated rings. The first-order valence-electron chi connectivity index (χ1n) is 14.6. The van der Waals surface area contributed by atoms with Crippen molar-refractivity contribution in [3.05, 3.63) is 158 Å². The zero-order valence-electron chi connectivity index (χ0n) is 23.0. The lowest BCUT2D eigenvalue weighted by atomic mass is 9.82. The van der Waals surface area contributed by atoms with Gasteiger partial charge in [0.15, 0.2) is 0 Å². The summed E-state index contributed by atoms with van der Waals surface area (Å²) in [6.07, 6.45) is 0. The maximum atomic E-state index is 2.42. The van der Waals surface area contributed by atoms with Crippen LogP contribution in [0.5, 0.6) is 0 Å². The van der Waals surface area contributed by atoms with Gasteiger partial charge in [-0.2, -0.15) is 0 Å². The highest BCUT2D eigenvalue weighted by atomic mass is 14.2. The zero-order valence-corrected chi connectivity index (χ0v) is 23.0. The lowest BCUT2D eigenvalue weighted by molar-refractivity contribution is 1.60. The predicted octanol–water partition coefficient (Wildman–Crippen LogP) is 11.9. The average molecular weight is 531 g/mol. The molecule has 0 aliphatic carbocycles. The fraction of sp³-hybridized carbons (Fsp3) is 0. The van der Waals surface area contributed by atoms with Gasteiger partial charge in [-0.15, -0.1) is 0 Å². The first kappa shape index (κ1) is 23.3. The van der Waals surface area contributed by atoms with Crippen molar-refractivity contribution in [3.63, 3.8) is 0 Å².